The molecule has 0 heterocycles. The van der Waals surface area contributed by atoms with Crippen molar-refractivity contribution >= 4 is 0 Å². The van der Waals surface area contributed by atoms with Gasteiger partial charge in [-0.15, -0.1) is 0 Å². The number of hydrogen-bond acceptors (Lipinski definition) is 0. The molecule has 0 saturated heterocycles. The van der Waals surface area contributed by atoms with Gasteiger partial charge in [0, 0.05) is 0 Å². The van der Waals surface area contributed by atoms with Crippen molar-refractivity contribution < 1.29 is 13.2 Å². The first kappa shape index (κ1) is 15.3. The van der Waals surface area contributed by atoms with Gasteiger partial charge in [0.2, 0.25) is 0 Å². The fraction of sp³-hybridized carbons (Fsp3) is 0.100. The first-order chi connectivity index (χ1) is 10.9. The largest absolute Gasteiger partial charge is 0.416 e. The van der Waals surface area contributed by atoms with E-state index < -0.39 is 11.7 Å². The predicted octanol–water partition coefficient (Wildman–Crippen LogP) is 6.35. The van der Waals surface area contributed by atoms with E-state index in [1.165, 1.54) is 17.7 Å². The van der Waals surface area contributed by atoms with Crippen LogP contribution in [-0.4, -0.2) is 0 Å². The van der Waals surface area contributed by atoms with Crippen LogP contribution >= 0.6 is 0 Å². The third kappa shape index (κ3) is 3.45. The van der Waals surface area contributed by atoms with Crippen molar-refractivity contribution in [3.8, 4) is 22.3 Å². The maximum atomic E-state index is 12.6. The summed E-state index contributed by atoms with van der Waals surface area (Å²) in [7, 11) is 0. The van der Waals surface area contributed by atoms with Crippen LogP contribution in [0.3, 0.4) is 0 Å². The number of benzene rings is 3. The molecule has 0 atom stereocenters. The summed E-state index contributed by atoms with van der Waals surface area (Å²) < 4.78 is 37.9. The Morgan fingerprint density at radius 2 is 1.13 bits per heavy atom. The second-order valence-electron chi connectivity index (χ2n) is 5.53. The topological polar surface area (TPSA) is 0 Å². The van der Waals surface area contributed by atoms with Crippen LogP contribution in [0.1, 0.15) is 11.1 Å². The smallest absolute Gasteiger partial charge is 0.166 e. The zero-order chi connectivity index (χ0) is 16.4. The van der Waals surface area contributed by atoms with Gasteiger partial charge in [-0.2, -0.15) is 13.2 Å². The Balaban J connectivity index is 1.97. The van der Waals surface area contributed by atoms with E-state index in [-0.39, 0.29) is 0 Å². The lowest BCUT2D eigenvalue weighted by Gasteiger charge is -2.09. The summed E-state index contributed by atoms with van der Waals surface area (Å²) in [5.74, 6) is 0. The Morgan fingerprint density at radius 1 is 0.609 bits per heavy atom. The molecule has 0 aliphatic rings. The summed E-state index contributed by atoms with van der Waals surface area (Å²) in [6.45, 7) is 2.03. The molecule has 0 aliphatic heterocycles. The first-order valence-electron chi connectivity index (χ1n) is 7.28. The van der Waals surface area contributed by atoms with E-state index in [0.717, 1.165) is 34.4 Å². The lowest BCUT2D eigenvalue weighted by atomic mass is 9.97. The Morgan fingerprint density at radius 3 is 1.70 bits per heavy atom. The molecular formula is C20H15F3. The third-order valence-electron chi connectivity index (χ3n) is 3.76. The van der Waals surface area contributed by atoms with Crippen LogP contribution in [0.4, 0.5) is 13.2 Å². The molecule has 0 unspecified atom stereocenters. The van der Waals surface area contributed by atoms with Crippen molar-refractivity contribution in [2.24, 2.45) is 0 Å². The zero-order valence-corrected chi connectivity index (χ0v) is 12.6. The zero-order valence-electron chi connectivity index (χ0n) is 12.6. The summed E-state index contributed by atoms with van der Waals surface area (Å²) in [5.41, 5.74) is 4.36. The van der Waals surface area contributed by atoms with E-state index in [0.29, 0.717) is 0 Å². The number of rotatable bonds is 2. The average molecular weight is 312 g/mol. The second-order valence-corrected chi connectivity index (χ2v) is 5.53. The van der Waals surface area contributed by atoms with Crippen molar-refractivity contribution in [3.63, 3.8) is 0 Å². The SMILES string of the molecule is Cc1cccc(-c2cccc(-c3ccc(C(F)(F)F)cc3)c2)c1. The van der Waals surface area contributed by atoms with Gasteiger partial charge < -0.3 is 0 Å². The van der Waals surface area contributed by atoms with Gasteiger partial charge in [-0.1, -0.05) is 60.2 Å². The van der Waals surface area contributed by atoms with Gasteiger partial charge in [0.1, 0.15) is 0 Å². The monoisotopic (exact) mass is 312 g/mol. The van der Waals surface area contributed by atoms with Crippen molar-refractivity contribution in [1.29, 1.82) is 0 Å². The molecule has 0 spiro atoms. The van der Waals surface area contributed by atoms with Gasteiger partial charge in [-0.05, 0) is 47.4 Å². The molecule has 0 aliphatic carbocycles. The average Bonchev–Trinajstić information content (AvgIpc) is 2.54. The van der Waals surface area contributed by atoms with Crippen LogP contribution in [0.5, 0.6) is 0 Å². The summed E-state index contributed by atoms with van der Waals surface area (Å²) in [6, 6.07) is 21.2. The van der Waals surface area contributed by atoms with Crippen molar-refractivity contribution in [3.05, 3.63) is 83.9 Å². The van der Waals surface area contributed by atoms with Crippen LogP contribution in [0.2, 0.25) is 0 Å². The van der Waals surface area contributed by atoms with Crippen molar-refractivity contribution in [2.75, 3.05) is 0 Å². The van der Waals surface area contributed by atoms with E-state index in [1.54, 1.807) is 0 Å². The highest BCUT2D eigenvalue weighted by molar-refractivity contribution is 5.73. The number of hydrogen-bond donors (Lipinski definition) is 0. The molecule has 23 heavy (non-hydrogen) atoms. The Kier molecular flexibility index (Phi) is 3.95. The molecule has 3 aromatic rings. The molecule has 3 heteroatoms. The maximum absolute atomic E-state index is 12.6. The molecular weight excluding hydrogens is 297 g/mol. The minimum absolute atomic E-state index is 0.629. The van der Waals surface area contributed by atoms with Crippen molar-refractivity contribution in [1.82, 2.24) is 0 Å². The van der Waals surface area contributed by atoms with E-state index >= 15 is 0 Å². The molecule has 3 aromatic carbocycles. The number of aryl methyl sites for hydroxylation is 1. The van der Waals surface area contributed by atoms with Gasteiger partial charge in [-0.25, -0.2) is 0 Å². The van der Waals surface area contributed by atoms with Crippen LogP contribution in [0.25, 0.3) is 22.3 Å². The van der Waals surface area contributed by atoms with Gasteiger partial charge in [0.05, 0.1) is 5.56 Å². The molecule has 0 N–H and O–H groups in total. The molecule has 116 valence electrons. The van der Waals surface area contributed by atoms with Gasteiger partial charge >= 0.3 is 6.18 Å². The van der Waals surface area contributed by atoms with Gasteiger partial charge in [-0.3, -0.25) is 0 Å². The van der Waals surface area contributed by atoms with Gasteiger partial charge in [0.15, 0.2) is 0 Å². The Labute approximate surface area is 133 Å². The molecule has 3 rings (SSSR count). The lowest BCUT2D eigenvalue weighted by molar-refractivity contribution is -0.137. The predicted molar refractivity (Wildman–Crippen MR) is 87.1 cm³/mol. The minimum Gasteiger partial charge on any atom is -0.166 e. The number of alkyl halides is 3. The Hall–Kier alpha value is -2.55. The highest BCUT2D eigenvalue weighted by Gasteiger charge is 2.29. The molecule has 0 saturated carbocycles. The molecule has 0 radical (unpaired) electrons. The standard InChI is InChI=1S/C20H15F3/c1-14-4-2-5-16(12-14)18-7-3-6-17(13-18)15-8-10-19(11-9-15)20(21,22)23/h2-13H,1H3. The number of halogens is 3. The highest BCUT2D eigenvalue weighted by atomic mass is 19.4. The highest BCUT2D eigenvalue weighted by Crippen LogP contribution is 2.32. The molecule has 0 amide bonds. The summed E-state index contributed by atoms with van der Waals surface area (Å²) >= 11 is 0. The minimum atomic E-state index is -4.30. The second kappa shape index (κ2) is 5.92. The van der Waals surface area contributed by atoms with Gasteiger partial charge in [0.25, 0.3) is 0 Å². The van der Waals surface area contributed by atoms with E-state index in [4.69, 9.17) is 0 Å². The fourth-order valence-electron chi connectivity index (χ4n) is 2.55. The molecule has 0 fully saturated rings. The summed E-state index contributed by atoms with van der Waals surface area (Å²) in [4.78, 5) is 0. The quantitative estimate of drug-likeness (QED) is 0.517. The third-order valence-corrected chi connectivity index (χ3v) is 3.76. The van der Waals surface area contributed by atoms with Crippen LogP contribution in [0.15, 0.2) is 72.8 Å². The van der Waals surface area contributed by atoms with Crippen molar-refractivity contribution in [2.45, 2.75) is 13.1 Å². The summed E-state index contributed by atoms with van der Waals surface area (Å²) in [5, 5.41) is 0. The Bertz CT molecular complexity index is 815. The molecule has 0 aromatic heterocycles. The molecule has 0 bridgehead atoms. The van der Waals surface area contributed by atoms with E-state index in [1.807, 2.05) is 49.4 Å². The van der Waals surface area contributed by atoms with E-state index in [2.05, 4.69) is 6.07 Å². The lowest BCUT2D eigenvalue weighted by Crippen LogP contribution is -2.03. The van der Waals surface area contributed by atoms with Crippen LogP contribution in [-0.2, 0) is 6.18 Å². The maximum Gasteiger partial charge on any atom is 0.416 e. The van der Waals surface area contributed by atoms with Crippen LogP contribution < -0.4 is 0 Å². The first-order valence-corrected chi connectivity index (χ1v) is 7.28. The summed E-state index contributed by atoms with van der Waals surface area (Å²) in [6.07, 6.45) is -4.30. The van der Waals surface area contributed by atoms with Crippen LogP contribution in [0, 0.1) is 6.92 Å². The van der Waals surface area contributed by atoms with E-state index in [9.17, 15) is 13.2 Å². The normalized spacial score (nSPS) is 11.5. The fourth-order valence-corrected chi connectivity index (χ4v) is 2.55. The molecule has 0 nitrogen and oxygen atoms in total.